The summed E-state index contributed by atoms with van der Waals surface area (Å²) in [6, 6.07) is 0. The molecule has 0 aliphatic carbocycles. The third-order valence-corrected chi connectivity index (χ3v) is 3.85. The zero-order chi connectivity index (χ0) is 16.3. The Morgan fingerprint density at radius 2 is 2.09 bits per heavy atom. The van der Waals surface area contributed by atoms with Crippen molar-refractivity contribution < 1.29 is 9.59 Å². The van der Waals surface area contributed by atoms with E-state index in [1.54, 1.807) is 4.90 Å². The summed E-state index contributed by atoms with van der Waals surface area (Å²) >= 11 is 0. The van der Waals surface area contributed by atoms with Gasteiger partial charge >= 0.3 is 0 Å². The van der Waals surface area contributed by atoms with Gasteiger partial charge in [-0.2, -0.15) is 0 Å². The number of nitrogens with zero attached hydrogens (tertiary/aromatic N) is 5. The van der Waals surface area contributed by atoms with Crippen molar-refractivity contribution in [1.29, 1.82) is 0 Å². The minimum absolute atomic E-state index is 0.0719. The Hall–Kier alpha value is -2.18. The minimum atomic E-state index is -0.224. The highest BCUT2D eigenvalue weighted by molar-refractivity contribution is 5.90. The summed E-state index contributed by atoms with van der Waals surface area (Å²) in [6.07, 6.45) is 1.23. The Morgan fingerprint density at radius 3 is 2.68 bits per heavy atom. The van der Waals surface area contributed by atoms with Crippen LogP contribution in [0.15, 0.2) is 12.7 Å². The largest absolute Gasteiger partial charge is 0.332 e. The number of hydrogen-bond donors (Lipinski definition) is 0. The van der Waals surface area contributed by atoms with Gasteiger partial charge in [-0.25, -0.2) is 0 Å². The fraction of sp³-hybridized carbons (Fsp3) is 0.600. The van der Waals surface area contributed by atoms with Crippen molar-refractivity contribution in [2.75, 3.05) is 19.6 Å². The lowest BCUT2D eigenvalue weighted by atomic mass is 10.2. The van der Waals surface area contributed by atoms with Gasteiger partial charge in [0.1, 0.15) is 12.4 Å². The predicted molar refractivity (Wildman–Crippen MR) is 82.0 cm³/mol. The molecule has 0 radical (unpaired) electrons. The quantitative estimate of drug-likeness (QED) is 0.754. The molecule has 22 heavy (non-hydrogen) atoms. The van der Waals surface area contributed by atoms with Gasteiger partial charge in [0.2, 0.25) is 11.8 Å². The Kier molecular flexibility index (Phi) is 4.95. The number of carbonyl (C=O) groups excluding carboxylic acids is 2. The molecule has 7 nitrogen and oxygen atoms in total. The van der Waals surface area contributed by atoms with Gasteiger partial charge in [-0.1, -0.05) is 20.4 Å². The van der Waals surface area contributed by atoms with E-state index >= 15 is 0 Å². The zero-order valence-corrected chi connectivity index (χ0v) is 13.4. The van der Waals surface area contributed by atoms with Crippen LogP contribution in [0.4, 0.5) is 0 Å². The average molecular weight is 305 g/mol. The van der Waals surface area contributed by atoms with E-state index in [0.717, 1.165) is 11.6 Å². The van der Waals surface area contributed by atoms with Crippen molar-refractivity contribution in [2.45, 2.75) is 39.8 Å². The first-order chi connectivity index (χ1) is 10.5. The highest BCUT2D eigenvalue weighted by Gasteiger charge is 2.26. The van der Waals surface area contributed by atoms with E-state index in [-0.39, 0.29) is 18.4 Å². The van der Waals surface area contributed by atoms with Gasteiger partial charge in [0.15, 0.2) is 5.82 Å². The van der Waals surface area contributed by atoms with Crippen molar-refractivity contribution >= 4 is 11.8 Å². The molecule has 2 rings (SSSR count). The van der Waals surface area contributed by atoms with Crippen LogP contribution >= 0.6 is 0 Å². The fourth-order valence-corrected chi connectivity index (χ4v) is 2.56. The molecule has 7 heteroatoms. The molecule has 0 aromatic carbocycles. The van der Waals surface area contributed by atoms with Gasteiger partial charge in [0.25, 0.3) is 0 Å². The number of likely N-dealkylation sites (N-methyl/N-ethyl adjacent to an activating group) is 1. The SMILES string of the molecule is C=CC(=O)N(CC)CC(=O)N1CCn2c(nnc2C(C)C)C1. The van der Waals surface area contributed by atoms with Crippen molar-refractivity contribution in [1.82, 2.24) is 24.6 Å². The number of hydrogen-bond acceptors (Lipinski definition) is 4. The number of amides is 2. The summed E-state index contributed by atoms with van der Waals surface area (Å²) in [7, 11) is 0. The van der Waals surface area contributed by atoms with E-state index < -0.39 is 0 Å². The molecule has 0 spiro atoms. The van der Waals surface area contributed by atoms with E-state index in [0.29, 0.717) is 32.1 Å². The second kappa shape index (κ2) is 6.72. The van der Waals surface area contributed by atoms with Crippen LogP contribution in [-0.4, -0.2) is 56.0 Å². The molecule has 0 bridgehead atoms. The van der Waals surface area contributed by atoms with Crippen LogP contribution in [0, 0.1) is 0 Å². The van der Waals surface area contributed by atoms with Gasteiger partial charge in [0.05, 0.1) is 6.54 Å². The molecular formula is C15H23N5O2. The second-order valence-corrected chi connectivity index (χ2v) is 5.65. The van der Waals surface area contributed by atoms with Crippen molar-refractivity contribution in [3.8, 4) is 0 Å². The summed E-state index contributed by atoms with van der Waals surface area (Å²) in [5, 5.41) is 8.39. The van der Waals surface area contributed by atoms with Crippen molar-refractivity contribution in [3.05, 3.63) is 24.3 Å². The molecule has 0 saturated carbocycles. The summed E-state index contributed by atoms with van der Waals surface area (Å²) in [5.74, 6) is 1.78. The van der Waals surface area contributed by atoms with Crippen LogP contribution in [0.2, 0.25) is 0 Å². The predicted octanol–water partition coefficient (Wildman–Crippen LogP) is 0.778. The first-order valence-corrected chi connectivity index (χ1v) is 7.59. The van der Waals surface area contributed by atoms with Crippen LogP contribution in [-0.2, 0) is 22.7 Å². The molecule has 2 amide bonds. The first-order valence-electron chi connectivity index (χ1n) is 7.59. The Morgan fingerprint density at radius 1 is 1.36 bits per heavy atom. The van der Waals surface area contributed by atoms with Crippen LogP contribution in [0.5, 0.6) is 0 Å². The number of rotatable bonds is 5. The Balaban J connectivity index is 2.04. The number of aromatic nitrogens is 3. The van der Waals surface area contributed by atoms with Crippen LogP contribution < -0.4 is 0 Å². The third-order valence-electron chi connectivity index (χ3n) is 3.85. The van der Waals surface area contributed by atoms with Gasteiger partial charge in [-0.3, -0.25) is 9.59 Å². The van der Waals surface area contributed by atoms with Gasteiger partial charge in [0, 0.05) is 25.6 Å². The molecule has 0 unspecified atom stereocenters. The monoisotopic (exact) mass is 305 g/mol. The van der Waals surface area contributed by atoms with E-state index in [2.05, 4.69) is 35.2 Å². The average Bonchev–Trinajstić information content (AvgIpc) is 2.94. The molecule has 0 atom stereocenters. The van der Waals surface area contributed by atoms with Crippen molar-refractivity contribution in [3.63, 3.8) is 0 Å². The summed E-state index contributed by atoms with van der Waals surface area (Å²) in [5.41, 5.74) is 0. The lowest BCUT2D eigenvalue weighted by molar-refractivity contribution is -0.139. The Bertz CT molecular complexity index is 578. The molecule has 0 fully saturated rings. The highest BCUT2D eigenvalue weighted by atomic mass is 16.2. The molecule has 1 aromatic heterocycles. The topological polar surface area (TPSA) is 71.3 Å². The number of fused-ring (bicyclic) bond motifs is 1. The maximum atomic E-state index is 12.4. The third kappa shape index (κ3) is 3.18. The standard InChI is InChI=1S/C15H23N5O2/c1-5-13(21)18(6-2)10-14(22)19-7-8-20-12(9-19)16-17-15(20)11(3)4/h5,11H,1,6-10H2,2-4H3. The lowest BCUT2D eigenvalue weighted by Gasteiger charge is -2.30. The first kappa shape index (κ1) is 16.2. The maximum Gasteiger partial charge on any atom is 0.246 e. The molecule has 0 N–H and O–H groups in total. The number of carbonyl (C=O) groups is 2. The second-order valence-electron chi connectivity index (χ2n) is 5.65. The summed E-state index contributed by atoms with van der Waals surface area (Å²) in [4.78, 5) is 27.2. The highest BCUT2D eigenvalue weighted by Crippen LogP contribution is 2.18. The maximum absolute atomic E-state index is 12.4. The zero-order valence-electron chi connectivity index (χ0n) is 13.4. The minimum Gasteiger partial charge on any atom is -0.332 e. The lowest BCUT2D eigenvalue weighted by Crippen LogP contribution is -2.45. The molecular weight excluding hydrogens is 282 g/mol. The van der Waals surface area contributed by atoms with E-state index in [1.807, 2.05) is 6.92 Å². The van der Waals surface area contributed by atoms with Crippen LogP contribution in [0.3, 0.4) is 0 Å². The summed E-state index contributed by atoms with van der Waals surface area (Å²) < 4.78 is 2.08. The van der Waals surface area contributed by atoms with Crippen LogP contribution in [0.25, 0.3) is 0 Å². The van der Waals surface area contributed by atoms with Crippen molar-refractivity contribution in [2.24, 2.45) is 0 Å². The van der Waals surface area contributed by atoms with Gasteiger partial charge in [-0.05, 0) is 13.0 Å². The van der Waals surface area contributed by atoms with E-state index in [4.69, 9.17) is 0 Å². The fourth-order valence-electron chi connectivity index (χ4n) is 2.56. The molecule has 1 aromatic rings. The van der Waals surface area contributed by atoms with E-state index in [1.165, 1.54) is 11.0 Å². The molecule has 0 saturated heterocycles. The van der Waals surface area contributed by atoms with E-state index in [9.17, 15) is 9.59 Å². The molecule has 1 aliphatic rings. The summed E-state index contributed by atoms with van der Waals surface area (Å²) in [6.45, 7) is 11.8. The van der Waals surface area contributed by atoms with Gasteiger partial charge in [-0.15, -0.1) is 10.2 Å². The smallest absolute Gasteiger partial charge is 0.246 e. The molecule has 2 heterocycles. The Labute approximate surface area is 130 Å². The normalized spacial score (nSPS) is 13.9. The van der Waals surface area contributed by atoms with Gasteiger partial charge < -0.3 is 14.4 Å². The molecule has 1 aliphatic heterocycles. The van der Waals surface area contributed by atoms with Crippen LogP contribution in [0.1, 0.15) is 38.3 Å². The molecule has 120 valence electrons.